The van der Waals surface area contributed by atoms with E-state index in [4.69, 9.17) is 14.6 Å². The van der Waals surface area contributed by atoms with Crippen molar-refractivity contribution >= 4 is 0 Å². The van der Waals surface area contributed by atoms with E-state index in [0.29, 0.717) is 12.6 Å². The van der Waals surface area contributed by atoms with Crippen molar-refractivity contribution in [2.24, 2.45) is 0 Å². The summed E-state index contributed by atoms with van der Waals surface area (Å²) >= 11 is 0. The van der Waals surface area contributed by atoms with Crippen LogP contribution >= 0.6 is 0 Å². The summed E-state index contributed by atoms with van der Waals surface area (Å²) in [5, 5.41) is 11.9. The Labute approximate surface area is 126 Å². The first kappa shape index (κ1) is 17.1. The van der Waals surface area contributed by atoms with E-state index >= 15 is 0 Å². The fraction of sp³-hybridized carbons (Fsp3) is 0.600. The highest BCUT2D eigenvalue weighted by Crippen LogP contribution is 2.32. The first-order valence-corrected chi connectivity index (χ1v) is 6.98. The van der Waals surface area contributed by atoms with Crippen LogP contribution in [0.1, 0.15) is 31.2 Å². The number of nitrogens with one attached hydrogen (secondary N) is 1. The Morgan fingerprint density at radius 3 is 2.65 bits per heavy atom. The van der Waals surface area contributed by atoms with Crippen LogP contribution < -0.4 is 27.2 Å². The van der Waals surface area contributed by atoms with Gasteiger partial charge in [0.15, 0.2) is 11.5 Å². The Morgan fingerprint density at radius 2 is 2.00 bits per heavy atom. The Hall–Kier alpha value is -0.970. The molecule has 114 valence electrons. The van der Waals surface area contributed by atoms with Gasteiger partial charge in [-0.1, -0.05) is 6.07 Å². The number of benzene rings is 1. The number of hydrogen-bond donors (Lipinski definition) is 2. The summed E-state index contributed by atoms with van der Waals surface area (Å²) in [5.41, 5.74) is 1.13. The summed E-state index contributed by atoms with van der Waals surface area (Å²) < 4.78 is 11.4. The maximum atomic E-state index is 8.74. The Kier molecular flexibility index (Phi) is 7.73. The van der Waals surface area contributed by atoms with Gasteiger partial charge < -0.3 is 32.3 Å². The molecule has 0 heterocycles. The number of hydrogen-bond acceptors (Lipinski definition) is 4. The zero-order valence-corrected chi connectivity index (χ0v) is 12.7. The summed E-state index contributed by atoms with van der Waals surface area (Å²) in [4.78, 5) is 0. The molecule has 1 aliphatic rings. The first-order valence-electron chi connectivity index (χ1n) is 6.98. The fourth-order valence-electron chi connectivity index (χ4n) is 2.42. The second-order valence-electron chi connectivity index (χ2n) is 4.91. The average Bonchev–Trinajstić information content (AvgIpc) is 2.93. The Bertz CT molecular complexity index is 395. The Morgan fingerprint density at radius 1 is 1.25 bits per heavy atom. The lowest BCUT2D eigenvalue weighted by Crippen LogP contribution is -3.00. The van der Waals surface area contributed by atoms with Crippen LogP contribution in [0, 0.1) is 0 Å². The van der Waals surface area contributed by atoms with E-state index in [2.05, 4.69) is 5.32 Å². The smallest absolute Gasteiger partial charge is 0.161 e. The molecule has 0 saturated heterocycles. The molecule has 4 nitrogen and oxygen atoms in total. The van der Waals surface area contributed by atoms with Crippen LogP contribution in [0.25, 0.3) is 0 Å². The van der Waals surface area contributed by atoms with Gasteiger partial charge in [0.05, 0.1) is 19.8 Å². The SMILES string of the molecule is COc1cc(CNCCO)ccc1OC1CCCC1.[Cl-]. The average molecular weight is 301 g/mol. The van der Waals surface area contributed by atoms with Crippen molar-refractivity contribution in [3.8, 4) is 11.5 Å². The van der Waals surface area contributed by atoms with Gasteiger partial charge >= 0.3 is 0 Å². The quantitative estimate of drug-likeness (QED) is 0.641. The summed E-state index contributed by atoms with van der Waals surface area (Å²) in [7, 11) is 1.67. The van der Waals surface area contributed by atoms with Gasteiger partial charge in [-0.2, -0.15) is 0 Å². The minimum atomic E-state index is 0. The van der Waals surface area contributed by atoms with Gasteiger partial charge in [0.25, 0.3) is 0 Å². The molecule has 20 heavy (non-hydrogen) atoms. The number of halogens is 1. The molecule has 1 fully saturated rings. The van der Waals surface area contributed by atoms with Crippen LogP contribution in [0.4, 0.5) is 0 Å². The van der Waals surface area contributed by atoms with Crippen molar-refractivity contribution in [1.29, 1.82) is 0 Å². The van der Waals surface area contributed by atoms with Gasteiger partial charge in [-0.3, -0.25) is 0 Å². The monoisotopic (exact) mass is 300 g/mol. The highest BCUT2D eigenvalue weighted by molar-refractivity contribution is 5.43. The number of aliphatic hydroxyl groups is 1. The molecular weight excluding hydrogens is 278 g/mol. The molecule has 0 atom stereocenters. The molecule has 0 aromatic heterocycles. The number of aliphatic hydroxyl groups excluding tert-OH is 1. The molecule has 0 amide bonds. The van der Waals surface area contributed by atoms with E-state index in [1.165, 1.54) is 12.8 Å². The zero-order valence-electron chi connectivity index (χ0n) is 11.9. The molecule has 0 unspecified atom stereocenters. The van der Waals surface area contributed by atoms with Crippen LogP contribution in [0.3, 0.4) is 0 Å². The molecule has 0 bridgehead atoms. The largest absolute Gasteiger partial charge is 1.00 e. The lowest BCUT2D eigenvalue weighted by Gasteiger charge is -2.16. The predicted molar refractivity (Wildman–Crippen MR) is 74.7 cm³/mol. The molecule has 1 saturated carbocycles. The number of methoxy groups -OCH3 is 1. The van der Waals surface area contributed by atoms with Gasteiger partial charge in [0.1, 0.15) is 0 Å². The van der Waals surface area contributed by atoms with Crippen molar-refractivity contribution in [3.05, 3.63) is 23.8 Å². The van der Waals surface area contributed by atoms with E-state index in [1.807, 2.05) is 18.2 Å². The first-order chi connectivity index (χ1) is 9.33. The maximum absolute atomic E-state index is 8.74. The van der Waals surface area contributed by atoms with Crippen molar-refractivity contribution in [2.45, 2.75) is 38.3 Å². The predicted octanol–water partition coefficient (Wildman–Crippen LogP) is -0.897. The van der Waals surface area contributed by atoms with Gasteiger partial charge in [0, 0.05) is 13.1 Å². The molecule has 0 spiro atoms. The highest BCUT2D eigenvalue weighted by atomic mass is 35.5. The van der Waals surface area contributed by atoms with Crippen LogP contribution in [0.5, 0.6) is 11.5 Å². The summed E-state index contributed by atoms with van der Waals surface area (Å²) in [5.74, 6) is 1.62. The van der Waals surface area contributed by atoms with Crippen LogP contribution in [-0.4, -0.2) is 31.5 Å². The van der Waals surface area contributed by atoms with E-state index in [0.717, 1.165) is 36.4 Å². The topological polar surface area (TPSA) is 50.7 Å². The van der Waals surface area contributed by atoms with Gasteiger partial charge in [-0.15, -0.1) is 0 Å². The van der Waals surface area contributed by atoms with Gasteiger partial charge in [-0.25, -0.2) is 0 Å². The molecule has 0 aliphatic heterocycles. The van der Waals surface area contributed by atoms with Crippen LogP contribution in [0.15, 0.2) is 18.2 Å². The van der Waals surface area contributed by atoms with E-state index in [1.54, 1.807) is 7.11 Å². The van der Waals surface area contributed by atoms with E-state index < -0.39 is 0 Å². The van der Waals surface area contributed by atoms with E-state index in [9.17, 15) is 0 Å². The molecule has 1 aromatic rings. The summed E-state index contributed by atoms with van der Waals surface area (Å²) in [6.45, 7) is 1.48. The summed E-state index contributed by atoms with van der Waals surface area (Å²) in [6.07, 6.45) is 5.14. The van der Waals surface area contributed by atoms with E-state index in [-0.39, 0.29) is 19.0 Å². The molecule has 0 radical (unpaired) electrons. The minimum absolute atomic E-state index is 0. The van der Waals surface area contributed by atoms with Crippen LogP contribution in [-0.2, 0) is 6.54 Å². The normalized spacial score (nSPS) is 14.9. The third-order valence-electron chi connectivity index (χ3n) is 3.44. The standard InChI is InChI=1S/C15H23NO3.ClH/c1-18-15-10-12(11-16-8-9-17)6-7-14(15)19-13-4-2-3-5-13;/h6-7,10,13,16-17H,2-5,8-9,11H2,1H3;1H/p-1. The lowest BCUT2D eigenvalue weighted by molar-refractivity contribution is -0.00000612. The third-order valence-corrected chi connectivity index (χ3v) is 3.44. The fourth-order valence-corrected chi connectivity index (χ4v) is 2.42. The Balaban J connectivity index is 0.00000200. The number of rotatable bonds is 7. The highest BCUT2D eigenvalue weighted by Gasteiger charge is 2.18. The molecule has 2 rings (SSSR count). The van der Waals surface area contributed by atoms with Crippen molar-refractivity contribution < 1.29 is 27.0 Å². The van der Waals surface area contributed by atoms with Crippen molar-refractivity contribution in [1.82, 2.24) is 5.32 Å². The zero-order chi connectivity index (χ0) is 13.5. The molecule has 1 aliphatic carbocycles. The maximum Gasteiger partial charge on any atom is 0.161 e. The molecule has 1 aromatic carbocycles. The summed E-state index contributed by atoms with van der Waals surface area (Å²) in [6, 6.07) is 6.01. The molecule has 2 N–H and O–H groups in total. The van der Waals surface area contributed by atoms with Crippen LogP contribution in [0.2, 0.25) is 0 Å². The molecular formula is C15H23ClNO3-. The van der Waals surface area contributed by atoms with Crippen molar-refractivity contribution in [2.75, 3.05) is 20.3 Å². The minimum Gasteiger partial charge on any atom is -1.00 e. The second kappa shape index (κ2) is 9.06. The third kappa shape index (κ3) is 4.85. The van der Waals surface area contributed by atoms with Crippen molar-refractivity contribution in [3.63, 3.8) is 0 Å². The van der Waals surface area contributed by atoms with Gasteiger partial charge in [0.2, 0.25) is 0 Å². The second-order valence-corrected chi connectivity index (χ2v) is 4.91. The molecule has 5 heteroatoms. The van der Waals surface area contributed by atoms with Gasteiger partial charge in [-0.05, 0) is 43.4 Å². The number of ether oxygens (including phenoxy) is 2. The lowest BCUT2D eigenvalue weighted by atomic mass is 10.2.